The third-order valence-corrected chi connectivity index (χ3v) is 4.71. The van der Waals surface area contributed by atoms with E-state index in [9.17, 15) is 4.79 Å². The quantitative estimate of drug-likeness (QED) is 0.317. The maximum atomic E-state index is 11.8. The molecule has 0 atom stereocenters. The minimum Gasteiger partial charge on any atom is -0.385 e. The molecule has 1 aliphatic heterocycles. The second kappa shape index (κ2) is 10.0. The lowest BCUT2D eigenvalue weighted by atomic mass is 10.3. The highest BCUT2D eigenvalue weighted by Gasteiger charge is 2.17. The van der Waals surface area contributed by atoms with Crippen LogP contribution in [0.2, 0.25) is 5.15 Å². The van der Waals surface area contributed by atoms with Gasteiger partial charge in [-0.2, -0.15) is 0 Å². The van der Waals surface area contributed by atoms with Crippen LogP contribution in [0.25, 0.3) is 0 Å². The molecule has 0 unspecified atom stereocenters. The molecule has 1 saturated heterocycles. The van der Waals surface area contributed by atoms with Crippen molar-refractivity contribution in [3.63, 3.8) is 0 Å². The van der Waals surface area contributed by atoms with Gasteiger partial charge in [-0.25, -0.2) is 9.97 Å². The summed E-state index contributed by atoms with van der Waals surface area (Å²) < 4.78 is 4.94. The molecular weight excluding hydrogens is 350 g/mol. The molecule has 24 heavy (non-hydrogen) atoms. The van der Waals surface area contributed by atoms with Crippen LogP contribution in [-0.4, -0.2) is 80.0 Å². The van der Waals surface area contributed by atoms with Crippen molar-refractivity contribution in [1.29, 1.82) is 0 Å². The predicted octanol–water partition coefficient (Wildman–Crippen LogP) is 1.13. The van der Waals surface area contributed by atoms with Crippen LogP contribution < -0.4 is 10.2 Å². The first-order chi connectivity index (χ1) is 11.6. The number of likely N-dealkylation sites (N-methyl/N-ethyl adjacent to an activating group) is 1. The van der Waals surface area contributed by atoms with E-state index < -0.39 is 0 Å². The maximum absolute atomic E-state index is 11.8. The topological polar surface area (TPSA) is 70.6 Å². The number of carbonyl (C=O) groups excluding carboxylic acids is 1. The first-order valence-electron chi connectivity index (χ1n) is 7.95. The largest absolute Gasteiger partial charge is 0.385 e. The Hall–Kier alpha value is -1.09. The van der Waals surface area contributed by atoms with Gasteiger partial charge < -0.3 is 19.9 Å². The van der Waals surface area contributed by atoms with Gasteiger partial charge in [-0.1, -0.05) is 23.4 Å². The van der Waals surface area contributed by atoms with E-state index in [1.54, 1.807) is 13.2 Å². The average molecular weight is 374 g/mol. The molecule has 0 saturated carbocycles. The van der Waals surface area contributed by atoms with Crippen molar-refractivity contribution < 1.29 is 9.53 Å². The van der Waals surface area contributed by atoms with E-state index in [0.29, 0.717) is 23.5 Å². The molecule has 1 aliphatic rings. The van der Waals surface area contributed by atoms with Crippen molar-refractivity contribution in [3.05, 3.63) is 11.2 Å². The van der Waals surface area contributed by atoms with Gasteiger partial charge in [-0.05, 0) is 13.5 Å². The third kappa shape index (κ3) is 6.43. The lowest BCUT2D eigenvalue weighted by Gasteiger charge is -2.33. The Labute approximate surface area is 152 Å². The highest BCUT2D eigenvalue weighted by atomic mass is 35.5. The van der Waals surface area contributed by atoms with Crippen molar-refractivity contribution in [2.75, 3.05) is 64.1 Å². The van der Waals surface area contributed by atoms with Crippen LogP contribution in [0.5, 0.6) is 0 Å². The zero-order valence-electron chi connectivity index (χ0n) is 14.1. The number of aromatic nitrogens is 2. The fourth-order valence-electron chi connectivity index (χ4n) is 2.27. The van der Waals surface area contributed by atoms with Gasteiger partial charge in [0.15, 0.2) is 5.16 Å². The highest BCUT2D eigenvalue weighted by Crippen LogP contribution is 2.22. The molecule has 2 rings (SSSR count). The summed E-state index contributed by atoms with van der Waals surface area (Å²) in [6, 6.07) is 1.78. The molecule has 0 spiro atoms. The van der Waals surface area contributed by atoms with Crippen LogP contribution >= 0.6 is 23.4 Å². The number of anilines is 1. The number of amides is 1. The first-order valence-corrected chi connectivity index (χ1v) is 9.31. The number of hydrogen-bond acceptors (Lipinski definition) is 7. The monoisotopic (exact) mass is 373 g/mol. The summed E-state index contributed by atoms with van der Waals surface area (Å²) in [5.41, 5.74) is 0. The molecule has 0 radical (unpaired) electrons. The molecule has 2 heterocycles. The third-order valence-electron chi connectivity index (χ3n) is 3.67. The van der Waals surface area contributed by atoms with E-state index in [1.807, 2.05) is 0 Å². The number of ether oxygens (including phenoxy) is 1. The molecular formula is C15H24ClN5O2S. The SMILES string of the molecule is COCCCNC(=O)CSc1nc(Cl)cc(N2CCN(C)CC2)n1. The molecule has 1 fully saturated rings. The molecule has 0 aliphatic carbocycles. The second-order valence-corrected chi connectivity index (χ2v) is 6.94. The number of carbonyl (C=O) groups is 1. The van der Waals surface area contributed by atoms with Crippen LogP contribution in [-0.2, 0) is 9.53 Å². The van der Waals surface area contributed by atoms with E-state index in [0.717, 1.165) is 38.4 Å². The van der Waals surface area contributed by atoms with Crippen molar-refractivity contribution in [1.82, 2.24) is 20.2 Å². The number of hydrogen-bond donors (Lipinski definition) is 1. The molecule has 9 heteroatoms. The molecule has 134 valence electrons. The zero-order chi connectivity index (χ0) is 17.4. The van der Waals surface area contributed by atoms with Gasteiger partial charge in [0.2, 0.25) is 5.91 Å². The average Bonchev–Trinajstić information content (AvgIpc) is 2.57. The van der Waals surface area contributed by atoms with Crippen LogP contribution in [0.1, 0.15) is 6.42 Å². The molecule has 0 bridgehead atoms. The number of piperazine rings is 1. The summed E-state index contributed by atoms with van der Waals surface area (Å²) >= 11 is 7.41. The summed E-state index contributed by atoms with van der Waals surface area (Å²) in [6.07, 6.45) is 0.800. The molecule has 1 amide bonds. The van der Waals surface area contributed by atoms with E-state index in [4.69, 9.17) is 16.3 Å². The smallest absolute Gasteiger partial charge is 0.230 e. The zero-order valence-corrected chi connectivity index (χ0v) is 15.7. The minimum atomic E-state index is -0.0409. The van der Waals surface area contributed by atoms with E-state index in [-0.39, 0.29) is 11.7 Å². The summed E-state index contributed by atoms with van der Waals surface area (Å²) in [4.78, 5) is 25.0. The van der Waals surface area contributed by atoms with Gasteiger partial charge in [0, 0.05) is 52.5 Å². The molecule has 1 aromatic heterocycles. The summed E-state index contributed by atoms with van der Waals surface area (Å²) in [6.45, 7) is 5.05. The van der Waals surface area contributed by atoms with Crippen LogP contribution in [0, 0.1) is 0 Å². The van der Waals surface area contributed by atoms with Gasteiger partial charge in [-0.15, -0.1) is 0 Å². The Bertz CT molecular complexity index is 541. The van der Waals surface area contributed by atoms with E-state index in [2.05, 4.69) is 32.1 Å². The Balaban J connectivity index is 1.85. The summed E-state index contributed by atoms with van der Waals surface area (Å²) in [5, 5.41) is 3.78. The lowest BCUT2D eigenvalue weighted by Crippen LogP contribution is -2.44. The summed E-state index contributed by atoms with van der Waals surface area (Å²) in [7, 11) is 3.75. The lowest BCUT2D eigenvalue weighted by molar-refractivity contribution is -0.118. The van der Waals surface area contributed by atoms with Crippen LogP contribution in [0.3, 0.4) is 0 Å². The van der Waals surface area contributed by atoms with Crippen LogP contribution in [0.15, 0.2) is 11.2 Å². The van der Waals surface area contributed by atoms with Gasteiger partial charge in [-0.3, -0.25) is 4.79 Å². The number of nitrogens with zero attached hydrogens (tertiary/aromatic N) is 4. The molecule has 0 aromatic carbocycles. The Kier molecular flexibility index (Phi) is 8.04. The van der Waals surface area contributed by atoms with Gasteiger partial charge >= 0.3 is 0 Å². The van der Waals surface area contributed by atoms with E-state index in [1.165, 1.54) is 11.8 Å². The Morgan fingerprint density at radius 2 is 2.12 bits per heavy atom. The molecule has 1 N–H and O–H groups in total. The normalized spacial score (nSPS) is 15.5. The van der Waals surface area contributed by atoms with Gasteiger partial charge in [0.05, 0.1) is 5.75 Å². The van der Waals surface area contributed by atoms with E-state index >= 15 is 0 Å². The fourth-order valence-corrected chi connectivity index (χ4v) is 3.18. The maximum Gasteiger partial charge on any atom is 0.230 e. The molecule has 1 aromatic rings. The predicted molar refractivity (Wildman–Crippen MR) is 97.0 cm³/mol. The number of halogens is 1. The van der Waals surface area contributed by atoms with Crippen molar-refractivity contribution in [3.8, 4) is 0 Å². The van der Waals surface area contributed by atoms with Crippen molar-refractivity contribution in [2.24, 2.45) is 0 Å². The Morgan fingerprint density at radius 1 is 1.38 bits per heavy atom. The van der Waals surface area contributed by atoms with Crippen molar-refractivity contribution in [2.45, 2.75) is 11.6 Å². The van der Waals surface area contributed by atoms with Crippen molar-refractivity contribution >= 4 is 35.1 Å². The number of methoxy groups -OCH3 is 1. The molecule has 7 nitrogen and oxygen atoms in total. The first kappa shape index (κ1) is 19.2. The highest BCUT2D eigenvalue weighted by molar-refractivity contribution is 7.99. The second-order valence-electron chi connectivity index (χ2n) is 5.61. The fraction of sp³-hybridized carbons (Fsp3) is 0.667. The van der Waals surface area contributed by atoms with Gasteiger partial charge in [0.25, 0.3) is 0 Å². The Morgan fingerprint density at radius 3 is 2.83 bits per heavy atom. The summed E-state index contributed by atoms with van der Waals surface area (Å²) in [5.74, 6) is 1.06. The van der Waals surface area contributed by atoms with Gasteiger partial charge in [0.1, 0.15) is 11.0 Å². The standard InChI is InChI=1S/C15H24ClN5O2S/c1-20-5-7-21(8-6-20)13-10-12(16)18-15(19-13)24-11-14(22)17-4-3-9-23-2/h10H,3-9,11H2,1-2H3,(H,17,22). The number of nitrogens with one attached hydrogen (secondary N) is 1. The number of rotatable bonds is 8. The van der Waals surface area contributed by atoms with Crippen LogP contribution in [0.4, 0.5) is 5.82 Å². The minimum absolute atomic E-state index is 0.0409. The number of thioether (sulfide) groups is 1.